The number of allylic oxidation sites excluding steroid dienone is 3. The largest absolute Gasteiger partial charge is 0.302 e. The monoisotopic (exact) mass is 194 g/mol. The number of carbonyl (C=O) groups excluding carboxylic acids is 1. The maximum atomic E-state index is 11.1. The Morgan fingerprint density at radius 2 is 2.00 bits per heavy atom. The topological polar surface area (TPSA) is 17.1 Å². The van der Waals surface area contributed by atoms with Crippen molar-refractivity contribution in [1.82, 2.24) is 0 Å². The van der Waals surface area contributed by atoms with Gasteiger partial charge in [0.1, 0.15) is 6.29 Å². The number of unbranched alkanes of at least 4 members (excludes halogenated alkanes) is 1. The maximum Gasteiger partial charge on any atom is 0.130 e. The Hall–Kier alpha value is -0.850. The third-order valence-electron chi connectivity index (χ3n) is 2.38. The van der Waals surface area contributed by atoms with E-state index in [9.17, 15) is 4.79 Å². The molecule has 0 aromatic rings. The highest BCUT2D eigenvalue weighted by atomic mass is 16.1. The first-order valence-electron chi connectivity index (χ1n) is 5.49. The molecule has 0 amide bonds. The van der Waals surface area contributed by atoms with E-state index in [1.807, 2.05) is 6.08 Å². The van der Waals surface area contributed by atoms with Gasteiger partial charge in [0.2, 0.25) is 0 Å². The van der Waals surface area contributed by atoms with Gasteiger partial charge in [0.25, 0.3) is 0 Å². The smallest absolute Gasteiger partial charge is 0.130 e. The minimum absolute atomic E-state index is 0.286. The first-order valence-corrected chi connectivity index (χ1v) is 5.49. The molecule has 0 aliphatic rings. The van der Waals surface area contributed by atoms with Crippen LogP contribution in [0.4, 0.5) is 0 Å². The molecule has 0 saturated heterocycles. The standard InChI is InChI=1S/C13H22O/c1-4-7-8-11-13(12-14,9-5-2)10-6-3/h5,8,11-12H,2,4,6-7,9-10H2,1,3H3. The van der Waals surface area contributed by atoms with Crippen LogP contribution in [-0.2, 0) is 4.79 Å². The lowest BCUT2D eigenvalue weighted by molar-refractivity contribution is -0.114. The zero-order valence-corrected chi connectivity index (χ0v) is 9.46. The summed E-state index contributed by atoms with van der Waals surface area (Å²) in [5, 5.41) is 0. The molecule has 1 unspecified atom stereocenters. The van der Waals surface area contributed by atoms with Gasteiger partial charge in [0, 0.05) is 5.41 Å². The average molecular weight is 194 g/mol. The highest BCUT2D eigenvalue weighted by molar-refractivity contribution is 5.63. The minimum Gasteiger partial charge on any atom is -0.302 e. The van der Waals surface area contributed by atoms with Crippen molar-refractivity contribution in [3.8, 4) is 0 Å². The van der Waals surface area contributed by atoms with Crippen LogP contribution < -0.4 is 0 Å². The second-order valence-corrected chi connectivity index (χ2v) is 3.78. The Morgan fingerprint density at radius 1 is 1.29 bits per heavy atom. The van der Waals surface area contributed by atoms with Crippen LogP contribution in [0, 0.1) is 5.41 Å². The maximum absolute atomic E-state index is 11.1. The third kappa shape index (κ3) is 4.40. The van der Waals surface area contributed by atoms with Crippen LogP contribution in [0.15, 0.2) is 24.8 Å². The van der Waals surface area contributed by atoms with Gasteiger partial charge in [-0.15, -0.1) is 6.58 Å². The Morgan fingerprint density at radius 3 is 2.43 bits per heavy atom. The molecule has 0 saturated carbocycles. The Bertz CT molecular complexity index is 193. The summed E-state index contributed by atoms with van der Waals surface area (Å²) < 4.78 is 0. The van der Waals surface area contributed by atoms with Crippen molar-refractivity contribution in [2.24, 2.45) is 5.41 Å². The minimum atomic E-state index is -0.286. The molecule has 1 heteroatoms. The van der Waals surface area contributed by atoms with Gasteiger partial charge in [-0.05, 0) is 19.3 Å². The van der Waals surface area contributed by atoms with Crippen molar-refractivity contribution in [1.29, 1.82) is 0 Å². The summed E-state index contributed by atoms with van der Waals surface area (Å²) >= 11 is 0. The number of hydrogen-bond donors (Lipinski definition) is 0. The molecular formula is C13H22O. The fourth-order valence-corrected chi connectivity index (χ4v) is 1.62. The zero-order valence-electron chi connectivity index (χ0n) is 9.46. The van der Waals surface area contributed by atoms with Gasteiger partial charge in [0.15, 0.2) is 0 Å². The fraction of sp³-hybridized carbons (Fsp3) is 0.615. The molecule has 0 heterocycles. The Labute approximate surface area is 87.9 Å². The van der Waals surface area contributed by atoms with Crippen LogP contribution in [-0.4, -0.2) is 6.29 Å². The summed E-state index contributed by atoms with van der Waals surface area (Å²) in [6, 6.07) is 0. The van der Waals surface area contributed by atoms with Crippen molar-refractivity contribution < 1.29 is 4.79 Å². The van der Waals surface area contributed by atoms with Gasteiger partial charge >= 0.3 is 0 Å². The summed E-state index contributed by atoms with van der Waals surface area (Å²) in [4.78, 5) is 11.1. The summed E-state index contributed by atoms with van der Waals surface area (Å²) in [5.74, 6) is 0. The normalized spacial score (nSPS) is 15.3. The van der Waals surface area contributed by atoms with E-state index in [0.717, 1.165) is 38.4 Å². The second kappa shape index (κ2) is 7.54. The molecule has 0 N–H and O–H groups in total. The molecule has 0 fully saturated rings. The molecule has 1 atom stereocenters. The summed E-state index contributed by atoms with van der Waals surface area (Å²) in [7, 11) is 0. The van der Waals surface area contributed by atoms with Crippen LogP contribution in [0.5, 0.6) is 0 Å². The summed E-state index contributed by atoms with van der Waals surface area (Å²) in [5.41, 5.74) is -0.286. The van der Waals surface area contributed by atoms with E-state index >= 15 is 0 Å². The van der Waals surface area contributed by atoms with Crippen LogP contribution in [0.1, 0.15) is 46.0 Å². The number of carbonyl (C=O) groups is 1. The van der Waals surface area contributed by atoms with Gasteiger partial charge in [-0.25, -0.2) is 0 Å². The predicted octanol–water partition coefficient (Wildman–Crippen LogP) is 3.90. The van der Waals surface area contributed by atoms with Crippen LogP contribution in [0.2, 0.25) is 0 Å². The first kappa shape index (κ1) is 13.2. The SMILES string of the molecule is C=CCC(C=O)(C=CCCC)CCC. The van der Waals surface area contributed by atoms with Crippen molar-refractivity contribution in [2.75, 3.05) is 0 Å². The molecule has 1 nitrogen and oxygen atoms in total. The number of aldehydes is 1. The third-order valence-corrected chi connectivity index (χ3v) is 2.38. The molecular weight excluding hydrogens is 172 g/mol. The van der Waals surface area contributed by atoms with Crippen LogP contribution in [0.25, 0.3) is 0 Å². The lowest BCUT2D eigenvalue weighted by atomic mass is 9.81. The van der Waals surface area contributed by atoms with E-state index in [4.69, 9.17) is 0 Å². The van der Waals surface area contributed by atoms with Crippen LogP contribution in [0.3, 0.4) is 0 Å². The van der Waals surface area contributed by atoms with Crippen molar-refractivity contribution in [2.45, 2.75) is 46.0 Å². The van der Waals surface area contributed by atoms with Gasteiger partial charge in [0.05, 0.1) is 0 Å². The van der Waals surface area contributed by atoms with Gasteiger partial charge < -0.3 is 4.79 Å². The molecule has 14 heavy (non-hydrogen) atoms. The van der Waals surface area contributed by atoms with Gasteiger partial charge in [-0.3, -0.25) is 0 Å². The molecule has 0 radical (unpaired) electrons. The number of rotatable bonds is 8. The Kier molecular flexibility index (Phi) is 7.09. The van der Waals surface area contributed by atoms with E-state index in [-0.39, 0.29) is 5.41 Å². The molecule has 0 bridgehead atoms. The Balaban J connectivity index is 4.46. The van der Waals surface area contributed by atoms with Gasteiger partial charge in [-0.1, -0.05) is 44.9 Å². The average Bonchev–Trinajstić information content (AvgIpc) is 2.19. The molecule has 0 aliphatic heterocycles. The zero-order chi connectivity index (χ0) is 10.9. The second-order valence-electron chi connectivity index (χ2n) is 3.78. The van der Waals surface area contributed by atoms with Crippen LogP contribution >= 0.6 is 0 Å². The van der Waals surface area contributed by atoms with E-state index < -0.39 is 0 Å². The quantitative estimate of drug-likeness (QED) is 0.423. The molecule has 0 aliphatic carbocycles. The predicted molar refractivity (Wildman–Crippen MR) is 62.3 cm³/mol. The molecule has 80 valence electrons. The fourth-order valence-electron chi connectivity index (χ4n) is 1.62. The lowest BCUT2D eigenvalue weighted by Crippen LogP contribution is -2.18. The van der Waals surface area contributed by atoms with Gasteiger partial charge in [-0.2, -0.15) is 0 Å². The molecule has 0 aromatic heterocycles. The summed E-state index contributed by atoms with van der Waals surface area (Å²) in [6.07, 6.45) is 12.0. The van der Waals surface area contributed by atoms with E-state index in [2.05, 4.69) is 32.6 Å². The summed E-state index contributed by atoms with van der Waals surface area (Å²) in [6.45, 7) is 7.96. The lowest BCUT2D eigenvalue weighted by Gasteiger charge is -2.21. The molecule has 0 spiro atoms. The van der Waals surface area contributed by atoms with E-state index in [1.54, 1.807) is 0 Å². The van der Waals surface area contributed by atoms with E-state index in [0.29, 0.717) is 0 Å². The first-order chi connectivity index (χ1) is 6.74. The van der Waals surface area contributed by atoms with Crippen molar-refractivity contribution >= 4 is 6.29 Å². The van der Waals surface area contributed by atoms with Crippen molar-refractivity contribution in [3.63, 3.8) is 0 Å². The molecule has 0 aromatic carbocycles. The highest BCUT2D eigenvalue weighted by Gasteiger charge is 2.23. The highest BCUT2D eigenvalue weighted by Crippen LogP contribution is 2.28. The van der Waals surface area contributed by atoms with Crippen molar-refractivity contribution in [3.05, 3.63) is 24.8 Å². The van der Waals surface area contributed by atoms with E-state index in [1.165, 1.54) is 0 Å². The molecule has 0 rings (SSSR count). The number of hydrogen-bond acceptors (Lipinski definition) is 1.